The number of aryl methyl sites for hydroxylation is 1. The predicted octanol–water partition coefficient (Wildman–Crippen LogP) is 1.03. The summed E-state index contributed by atoms with van der Waals surface area (Å²) in [5.41, 5.74) is 2.04. The highest BCUT2D eigenvalue weighted by Gasteiger charge is 2.26. The highest BCUT2D eigenvalue weighted by molar-refractivity contribution is 5.81. The average molecular weight is 290 g/mol. The van der Waals surface area contributed by atoms with Gasteiger partial charge in [-0.15, -0.1) is 0 Å². The van der Waals surface area contributed by atoms with Crippen molar-refractivity contribution >= 4 is 5.91 Å². The van der Waals surface area contributed by atoms with Gasteiger partial charge in [-0.1, -0.05) is 13.0 Å². The molecule has 5 nitrogen and oxygen atoms in total. The van der Waals surface area contributed by atoms with Crippen molar-refractivity contribution in [2.45, 2.75) is 33.4 Å². The Morgan fingerprint density at radius 3 is 2.76 bits per heavy atom. The van der Waals surface area contributed by atoms with E-state index in [1.807, 2.05) is 36.9 Å². The summed E-state index contributed by atoms with van der Waals surface area (Å²) in [7, 11) is 0. The largest absolute Gasteiger partial charge is 0.339 e. The number of carbonyl (C=O) groups is 1. The van der Waals surface area contributed by atoms with Gasteiger partial charge in [0.1, 0.15) is 0 Å². The van der Waals surface area contributed by atoms with E-state index in [9.17, 15) is 4.79 Å². The monoisotopic (exact) mass is 290 g/mol. The summed E-state index contributed by atoms with van der Waals surface area (Å²) >= 11 is 0. The third-order valence-corrected chi connectivity index (χ3v) is 4.05. The van der Waals surface area contributed by atoms with E-state index in [0.717, 1.165) is 50.7 Å². The van der Waals surface area contributed by atoms with Gasteiger partial charge in [0.05, 0.1) is 11.7 Å². The SMILES string of the molecule is CCN(Cc1cccc(C)n1)C(C)C(=O)N1CCNCC1. The lowest BCUT2D eigenvalue weighted by molar-refractivity contribution is -0.137. The summed E-state index contributed by atoms with van der Waals surface area (Å²) in [5.74, 6) is 0.228. The van der Waals surface area contributed by atoms with E-state index in [4.69, 9.17) is 0 Å². The number of hydrogen-bond donors (Lipinski definition) is 1. The molecule has 1 unspecified atom stereocenters. The third-order valence-electron chi connectivity index (χ3n) is 4.05. The first kappa shape index (κ1) is 15.9. The van der Waals surface area contributed by atoms with Crippen molar-refractivity contribution in [3.05, 3.63) is 29.6 Å². The molecule has 0 saturated carbocycles. The standard InChI is InChI=1S/C16H26N4O/c1-4-19(12-15-7-5-6-13(2)18-15)14(3)16(21)20-10-8-17-9-11-20/h5-7,14,17H,4,8-12H2,1-3H3. The zero-order valence-corrected chi connectivity index (χ0v) is 13.3. The number of likely N-dealkylation sites (N-methyl/N-ethyl adjacent to an activating group) is 1. The van der Waals surface area contributed by atoms with E-state index in [-0.39, 0.29) is 11.9 Å². The van der Waals surface area contributed by atoms with E-state index < -0.39 is 0 Å². The van der Waals surface area contributed by atoms with Crippen molar-refractivity contribution < 1.29 is 4.79 Å². The minimum Gasteiger partial charge on any atom is -0.339 e. The summed E-state index contributed by atoms with van der Waals surface area (Å²) in [6.07, 6.45) is 0. The van der Waals surface area contributed by atoms with E-state index in [1.54, 1.807) is 0 Å². The van der Waals surface area contributed by atoms with Crippen LogP contribution in [0.15, 0.2) is 18.2 Å². The molecular formula is C16H26N4O. The highest BCUT2D eigenvalue weighted by Crippen LogP contribution is 2.10. The number of nitrogens with zero attached hydrogens (tertiary/aromatic N) is 3. The summed E-state index contributed by atoms with van der Waals surface area (Å²) in [4.78, 5) is 21.3. The molecule has 5 heteroatoms. The number of nitrogens with one attached hydrogen (secondary N) is 1. The normalized spacial score (nSPS) is 17.0. The third kappa shape index (κ3) is 4.25. The Morgan fingerprint density at radius 2 is 2.14 bits per heavy atom. The smallest absolute Gasteiger partial charge is 0.239 e. The van der Waals surface area contributed by atoms with Gasteiger partial charge in [0.25, 0.3) is 0 Å². The van der Waals surface area contributed by atoms with Crippen molar-refractivity contribution in [2.75, 3.05) is 32.7 Å². The van der Waals surface area contributed by atoms with Gasteiger partial charge in [-0.3, -0.25) is 14.7 Å². The second-order valence-electron chi connectivity index (χ2n) is 5.58. The second kappa shape index (κ2) is 7.52. The molecule has 1 saturated heterocycles. The number of carbonyl (C=O) groups excluding carboxylic acids is 1. The molecule has 116 valence electrons. The van der Waals surface area contributed by atoms with Crippen molar-refractivity contribution in [1.82, 2.24) is 20.1 Å². The van der Waals surface area contributed by atoms with Crippen molar-refractivity contribution in [3.63, 3.8) is 0 Å². The minimum atomic E-state index is -0.101. The van der Waals surface area contributed by atoms with E-state index in [2.05, 4.69) is 22.1 Å². The number of aromatic nitrogens is 1. The fourth-order valence-corrected chi connectivity index (χ4v) is 2.72. The van der Waals surface area contributed by atoms with Crippen LogP contribution in [0.2, 0.25) is 0 Å². The predicted molar refractivity (Wildman–Crippen MR) is 84.0 cm³/mol. The summed E-state index contributed by atoms with van der Waals surface area (Å²) in [5, 5.41) is 3.28. The van der Waals surface area contributed by atoms with E-state index in [0.29, 0.717) is 0 Å². The lowest BCUT2D eigenvalue weighted by Crippen LogP contribution is -2.53. The van der Waals surface area contributed by atoms with Gasteiger partial charge in [-0.2, -0.15) is 0 Å². The fraction of sp³-hybridized carbons (Fsp3) is 0.625. The maximum Gasteiger partial charge on any atom is 0.239 e. The first-order valence-corrected chi connectivity index (χ1v) is 7.78. The Balaban J connectivity index is 2.00. The van der Waals surface area contributed by atoms with Gasteiger partial charge < -0.3 is 10.2 Å². The van der Waals surface area contributed by atoms with Gasteiger partial charge in [-0.05, 0) is 32.5 Å². The first-order valence-electron chi connectivity index (χ1n) is 7.78. The summed E-state index contributed by atoms with van der Waals surface area (Å²) in [6.45, 7) is 11.1. The van der Waals surface area contributed by atoms with Crippen LogP contribution in [0.25, 0.3) is 0 Å². The summed E-state index contributed by atoms with van der Waals surface area (Å²) < 4.78 is 0. The molecule has 2 heterocycles. The van der Waals surface area contributed by atoms with Crippen LogP contribution in [-0.4, -0.2) is 59.5 Å². The van der Waals surface area contributed by atoms with Crippen molar-refractivity contribution in [3.8, 4) is 0 Å². The first-order chi connectivity index (χ1) is 10.1. The van der Waals surface area contributed by atoms with Gasteiger partial charge >= 0.3 is 0 Å². The van der Waals surface area contributed by atoms with E-state index >= 15 is 0 Å². The zero-order valence-electron chi connectivity index (χ0n) is 13.3. The number of pyridine rings is 1. The Morgan fingerprint density at radius 1 is 1.43 bits per heavy atom. The quantitative estimate of drug-likeness (QED) is 0.880. The molecule has 1 aromatic rings. The molecule has 1 N–H and O–H groups in total. The molecule has 0 spiro atoms. The minimum absolute atomic E-state index is 0.101. The Labute approximate surface area is 127 Å². The molecule has 1 amide bonds. The molecule has 2 rings (SSSR count). The molecule has 1 atom stereocenters. The maximum atomic E-state index is 12.6. The zero-order chi connectivity index (χ0) is 15.2. The van der Waals surface area contributed by atoms with Crippen LogP contribution in [-0.2, 0) is 11.3 Å². The van der Waals surface area contributed by atoms with Gasteiger partial charge in [0.2, 0.25) is 5.91 Å². The topological polar surface area (TPSA) is 48.5 Å². The van der Waals surface area contributed by atoms with Crippen LogP contribution in [0.4, 0.5) is 0 Å². The maximum absolute atomic E-state index is 12.6. The van der Waals surface area contributed by atoms with Gasteiger partial charge in [0, 0.05) is 38.4 Å². The Hall–Kier alpha value is -1.46. The van der Waals surface area contributed by atoms with Crippen LogP contribution in [0.5, 0.6) is 0 Å². The molecule has 0 bridgehead atoms. The molecular weight excluding hydrogens is 264 g/mol. The number of rotatable bonds is 5. The summed E-state index contributed by atoms with van der Waals surface area (Å²) in [6, 6.07) is 5.94. The molecule has 1 aliphatic rings. The Kier molecular flexibility index (Phi) is 5.70. The van der Waals surface area contributed by atoms with Crippen molar-refractivity contribution in [2.24, 2.45) is 0 Å². The molecule has 0 aliphatic carbocycles. The lowest BCUT2D eigenvalue weighted by Gasteiger charge is -2.34. The fourth-order valence-electron chi connectivity index (χ4n) is 2.72. The Bertz CT molecular complexity index is 471. The van der Waals surface area contributed by atoms with Gasteiger partial charge in [0.15, 0.2) is 0 Å². The molecule has 1 aromatic heterocycles. The van der Waals surface area contributed by atoms with Crippen LogP contribution < -0.4 is 5.32 Å². The molecule has 21 heavy (non-hydrogen) atoms. The lowest BCUT2D eigenvalue weighted by atomic mass is 10.2. The van der Waals surface area contributed by atoms with Gasteiger partial charge in [-0.25, -0.2) is 0 Å². The number of amides is 1. The molecule has 1 fully saturated rings. The van der Waals surface area contributed by atoms with Crippen molar-refractivity contribution in [1.29, 1.82) is 0 Å². The number of hydrogen-bond acceptors (Lipinski definition) is 4. The van der Waals surface area contributed by atoms with Crippen LogP contribution in [0.1, 0.15) is 25.2 Å². The average Bonchev–Trinajstić information content (AvgIpc) is 2.52. The van der Waals surface area contributed by atoms with E-state index in [1.165, 1.54) is 0 Å². The highest BCUT2D eigenvalue weighted by atomic mass is 16.2. The van der Waals surface area contributed by atoms with Crippen LogP contribution >= 0.6 is 0 Å². The van der Waals surface area contributed by atoms with Crippen LogP contribution in [0, 0.1) is 6.92 Å². The molecule has 0 aromatic carbocycles. The molecule has 1 aliphatic heterocycles. The number of piperazine rings is 1. The molecule has 0 radical (unpaired) electrons. The second-order valence-corrected chi connectivity index (χ2v) is 5.58. The van der Waals surface area contributed by atoms with Crippen LogP contribution in [0.3, 0.4) is 0 Å².